The third-order valence-electron chi connectivity index (χ3n) is 3.45. The third-order valence-corrected chi connectivity index (χ3v) is 3.45. The van der Waals surface area contributed by atoms with Crippen molar-refractivity contribution in [1.82, 2.24) is 10.2 Å². The van der Waals surface area contributed by atoms with Crippen LogP contribution < -0.4 is 10.9 Å². The van der Waals surface area contributed by atoms with Crippen molar-refractivity contribution in [2.75, 3.05) is 11.9 Å². The largest absolute Gasteiger partial charge is 0.380 e. The molecule has 0 aliphatic heterocycles. The van der Waals surface area contributed by atoms with Crippen LogP contribution in [0.25, 0.3) is 11.3 Å². The molecule has 0 fully saturated rings. The minimum atomic E-state index is -0.201. The Hall–Kier alpha value is -2.88. The van der Waals surface area contributed by atoms with Crippen LogP contribution in [0.4, 0.5) is 5.69 Å². The molecule has 3 rings (SSSR count). The Kier molecular flexibility index (Phi) is 4.30. The molecule has 110 valence electrons. The van der Waals surface area contributed by atoms with Crippen LogP contribution in [0.3, 0.4) is 0 Å². The first kappa shape index (κ1) is 14.1. The summed E-state index contributed by atoms with van der Waals surface area (Å²) in [6.45, 7) is 0.700. The smallest absolute Gasteiger partial charge is 0.287 e. The Balaban J connectivity index is 1.72. The van der Waals surface area contributed by atoms with E-state index < -0.39 is 0 Å². The second-order valence-corrected chi connectivity index (χ2v) is 5.02. The maximum atomic E-state index is 11.9. The monoisotopic (exact) mass is 291 g/mol. The average molecular weight is 291 g/mol. The van der Waals surface area contributed by atoms with Crippen LogP contribution >= 0.6 is 0 Å². The van der Waals surface area contributed by atoms with Gasteiger partial charge < -0.3 is 5.32 Å². The second kappa shape index (κ2) is 6.72. The molecule has 1 aromatic heterocycles. The van der Waals surface area contributed by atoms with Crippen LogP contribution in [-0.4, -0.2) is 16.7 Å². The van der Waals surface area contributed by atoms with Gasteiger partial charge in [-0.2, -0.15) is 5.10 Å². The number of aromatic amines is 1. The molecule has 0 radical (unpaired) electrons. The van der Waals surface area contributed by atoms with Gasteiger partial charge in [0.15, 0.2) is 0 Å². The average Bonchev–Trinajstić information content (AvgIpc) is 2.58. The topological polar surface area (TPSA) is 57.8 Å². The van der Waals surface area contributed by atoms with Crippen molar-refractivity contribution in [3.8, 4) is 11.3 Å². The van der Waals surface area contributed by atoms with Crippen molar-refractivity contribution in [3.63, 3.8) is 0 Å². The Morgan fingerprint density at radius 2 is 1.64 bits per heavy atom. The van der Waals surface area contributed by atoms with Crippen molar-refractivity contribution in [3.05, 3.63) is 82.6 Å². The fourth-order valence-electron chi connectivity index (χ4n) is 2.28. The molecule has 22 heavy (non-hydrogen) atoms. The molecule has 0 saturated heterocycles. The maximum absolute atomic E-state index is 11.9. The summed E-state index contributed by atoms with van der Waals surface area (Å²) in [5.41, 5.74) is 3.31. The standard InChI is InChI=1S/C18H17N3O/c22-18-17(19-12-11-14-7-3-1-4-8-14)13-16(20-21-18)15-9-5-2-6-10-15/h1-10,13H,11-12H2,(H,19,20)(H,21,22). The second-order valence-electron chi connectivity index (χ2n) is 5.02. The highest BCUT2D eigenvalue weighted by Crippen LogP contribution is 2.16. The minimum Gasteiger partial charge on any atom is -0.380 e. The van der Waals surface area contributed by atoms with E-state index in [0.717, 1.165) is 17.7 Å². The molecule has 3 aromatic rings. The molecule has 4 heteroatoms. The van der Waals surface area contributed by atoms with Crippen LogP contribution in [0.15, 0.2) is 71.5 Å². The van der Waals surface area contributed by atoms with Crippen molar-refractivity contribution in [1.29, 1.82) is 0 Å². The molecular formula is C18H17N3O. The Labute approximate surface area is 128 Å². The van der Waals surface area contributed by atoms with Crippen LogP contribution in [0.2, 0.25) is 0 Å². The lowest BCUT2D eigenvalue weighted by molar-refractivity contribution is 0.969. The number of rotatable bonds is 5. The molecule has 0 spiro atoms. The molecular weight excluding hydrogens is 274 g/mol. The van der Waals surface area contributed by atoms with Crippen molar-refractivity contribution in [2.45, 2.75) is 6.42 Å². The minimum absolute atomic E-state index is 0.201. The van der Waals surface area contributed by atoms with Crippen molar-refractivity contribution < 1.29 is 0 Å². The number of hydrogen-bond acceptors (Lipinski definition) is 3. The van der Waals surface area contributed by atoms with Gasteiger partial charge in [-0.3, -0.25) is 4.79 Å². The molecule has 0 aliphatic carbocycles. The summed E-state index contributed by atoms with van der Waals surface area (Å²) in [6, 6.07) is 21.8. The van der Waals surface area contributed by atoms with E-state index in [1.807, 2.05) is 48.5 Å². The van der Waals surface area contributed by atoms with Gasteiger partial charge in [0, 0.05) is 12.1 Å². The lowest BCUT2D eigenvalue weighted by Gasteiger charge is -2.07. The highest BCUT2D eigenvalue weighted by Gasteiger charge is 2.04. The number of nitrogens with one attached hydrogen (secondary N) is 2. The Morgan fingerprint density at radius 1 is 0.955 bits per heavy atom. The molecule has 0 aliphatic rings. The predicted molar refractivity (Wildman–Crippen MR) is 88.9 cm³/mol. The first-order chi connectivity index (χ1) is 10.8. The summed E-state index contributed by atoms with van der Waals surface area (Å²) >= 11 is 0. The van der Waals surface area contributed by atoms with Crippen molar-refractivity contribution in [2.24, 2.45) is 0 Å². The Bertz CT molecular complexity index is 782. The van der Waals surface area contributed by atoms with Crippen LogP contribution in [0.1, 0.15) is 5.56 Å². The van der Waals surface area contributed by atoms with E-state index >= 15 is 0 Å². The van der Waals surface area contributed by atoms with Gasteiger partial charge in [0.25, 0.3) is 5.56 Å². The number of H-pyrrole nitrogens is 1. The number of hydrogen-bond donors (Lipinski definition) is 2. The van der Waals surface area contributed by atoms with Gasteiger partial charge in [-0.25, -0.2) is 5.10 Å². The van der Waals surface area contributed by atoms with E-state index in [9.17, 15) is 4.79 Å². The zero-order valence-electron chi connectivity index (χ0n) is 12.1. The predicted octanol–water partition coefficient (Wildman–Crippen LogP) is 3.09. The third kappa shape index (κ3) is 3.41. The summed E-state index contributed by atoms with van der Waals surface area (Å²) in [5, 5.41) is 9.83. The van der Waals surface area contributed by atoms with Crippen LogP contribution in [0, 0.1) is 0 Å². The maximum Gasteiger partial charge on any atom is 0.287 e. The fraction of sp³-hybridized carbons (Fsp3) is 0.111. The summed E-state index contributed by atoms with van der Waals surface area (Å²) in [5.74, 6) is 0. The van der Waals surface area contributed by atoms with Gasteiger partial charge in [0.2, 0.25) is 0 Å². The molecule has 2 aromatic carbocycles. The molecule has 0 saturated carbocycles. The van der Waals surface area contributed by atoms with Gasteiger partial charge in [0.1, 0.15) is 5.69 Å². The highest BCUT2D eigenvalue weighted by atomic mass is 16.1. The number of aromatic nitrogens is 2. The first-order valence-electron chi connectivity index (χ1n) is 7.26. The molecule has 0 amide bonds. The lowest BCUT2D eigenvalue weighted by atomic mass is 10.1. The normalized spacial score (nSPS) is 10.4. The first-order valence-corrected chi connectivity index (χ1v) is 7.26. The Morgan fingerprint density at radius 3 is 2.36 bits per heavy atom. The van der Waals surface area contributed by atoms with E-state index in [1.165, 1.54) is 5.56 Å². The van der Waals surface area contributed by atoms with Crippen LogP contribution in [0.5, 0.6) is 0 Å². The summed E-state index contributed by atoms with van der Waals surface area (Å²) in [7, 11) is 0. The highest BCUT2D eigenvalue weighted by molar-refractivity contribution is 5.62. The van der Waals surface area contributed by atoms with E-state index in [1.54, 1.807) is 6.07 Å². The summed E-state index contributed by atoms with van der Waals surface area (Å²) in [6.07, 6.45) is 0.864. The fourth-order valence-corrected chi connectivity index (χ4v) is 2.28. The lowest BCUT2D eigenvalue weighted by Crippen LogP contribution is -2.17. The number of nitrogens with zero attached hydrogens (tertiary/aromatic N) is 1. The molecule has 0 atom stereocenters. The van der Waals surface area contributed by atoms with E-state index in [2.05, 4.69) is 27.6 Å². The van der Waals surface area contributed by atoms with Crippen LogP contribution in [-0.2, 0) is 6.42 Å². The molecule has 1 heterocycles. The van der Waals surface area contributed by atoms with E-state index in [-0.39, 0.29) is 5.56 Å². The molecule has 2 N–H and O–H groups in total. The number of benzene rings is 2. The van der Waals surface area contributed by atoms with E-state index in [0.29, 0.717) is 12.2 Å². The molecule has 4 nitrogen and oxygen atoms in total. The van der Waals surface area contributed by atoms with Gasteiger partial charge in [0.05, 0.1) is 5.69 Å². The van der Waals surface area contributed by atoms with Gasteiger partial charge in [-0.1, -0.05) is 60.7 Å². The van der Waals surface area contributed by atoms with E-state index in [4.69, 9.17) is 0 Å². The SMILES string of the molecule is O=c1[nH]nc(-c2ccccc2)cc1NCCc1ccccc1. The quantitative estimate of drug-likeness (QED) is 0.759. The molecule has 0 bridgehead atoms. The van der Waals surface area contributed by atoms with Gasteiger partial charge >= 0.3 is 0 Å². The van der Waals surface area contributed by atoms with Crippen molar-refractivity contribution >= 4 is 5.69 Å². The van der Waals surface area contributed by atoms with Gasteiger partial charge in [-0.15, -0.1) is 0 Å². The van der Waals surface area contributed by atoms with Gasteiger partial charge in [-0.05, 0) is 18.1 Å². The summed E-state index contributed by atoms with van der Waals surface area (Å²) in [4.78, 5) is 11.9. The zero-order chi connectivity index (χ0) is 15.2. The summed E-state index contributed by atoms with van der Waals surface area (Å²) < 4.78 is 0. The zero-order valence-corrected chi connectivity index (χ0v) is 12.1. The number of anilines is 1. The molecule has 0 unspecified atom stereocenters.